The number of halogens is 2. The second-order valence-electron chi connectivity index (χ2n) is 5.99. The summed E-state index contributed by atoms with van der Waals surface area (Å²) in [5.41, 5.74) is 1.29. The molecule has 0 amide bonds. The minimum atomic E-state index is 0.00907. The van der Waals surface area contributed by atoms with Gasteiger partial charge in [0.15, 0.2) is 0 Å². The van der Waals surface area contributed by atoms with Gasteiger partial charge < -0.3 is 10.1 Å². The molecule has 1 aliphatic heterocycles. The van der Waals surface area contributed by atoms with Gasteiger partial charge in [-0.1, -0.05) is 42.3 Å². The second kappa shape index (κ2) is 6.45. The van der Waals surface area contributed by atoms with E-state index in [1.807, 2.05) is 12.1 Å². The molecule has 2 atom stereocenters. The van der Waals surface area contributed by atoms with Gasteiger partial charge in [0, 0.05) is 41.7 Å². The minimum Gasteiger partial charge on any atom is -0.477 e. The molecule has 22 heavy (non-hydrogen) atoms. The first-order chi connectivity index (χ1) is 10.6. The maximum absolute atomic E-state index is 5.98. The average Bonchev–Trinajstić information content (AvgIpc) is 2.90. The van der Waals surface area contributed by atoms with Gasteiger partial charge in [0.25, 0.3) is 0 Å². The molecule has 1 aliphatic rings. The number of ether oxygens (including phenoxy) is 1. The van der Waals surface area contributed by atoms with Gasteiger partial charge in [0.1, 0.15) is 0 Å². The first-order valence-corrected chi connectivity index (χ1v) is 8.03. The van der Waals surface area contributed by atoms with E-state index in [0.29, 0.717) is 23.4 Å². The molecule has 1 saturated heterocycles. The molecule has 3 nitrogen and oxygen atoms in total. The first-order valence-electron chi connectivity index (χ1n) is 7.27. The van der Waals surface area contributed by atoms with Crippen molar-refractivity contribution in [1.29, 1.82) is 0 Å². The van der Waals surface area contributed by atoms with Crippen LogP contribution in [0.15, 0.2) is 42.6 Å². The zero-order valence-corrected chi connectivity index (χ0v) is 13.9. The van der Waals surface area contributed by atoms with Gasteiger partial charge in [-0.2, -0.15) is 0 Å². The highest BCUT2D eigenvalue weighted by molar-refractivity contribution is 6.30. The number of nitrogens with zero attached hydrogens (tertiary/aromatic N) is 1. The van der Waals surface area contributed by atoms with E-state index in [1.165, 1.54) is 5.56 Å². The van der Waals surface area contributed by atoms with Crippen LogP contribution in [-0.4, -0.2) is 24.7 Å². The van der Waals surface area contributed by atoms with Crippen LogP contribution in [0, 0.1) is 5.41 Å². The third kappa shape index (κ3) is 3.37. The van der Waals surface area contributed by atoms with E-state index in [1.54, 1.807) is 18.3 Å². The van der Waals surface area contributed by atoms with Crippen LogP contribution in [-0.2, 0) is 0 Å². The molecular weight excluding hydrogens is 319 g/mol. The normalized spacial score (nSPS) is 24.4. The molecule has 0 spiro atoms. The summed E-state index contributed by atoms with van der Waals surface area (Å²) in [4.78, 5) is 4.19. The molecule has 1 N–H and O–H groups in total. The Morgan fingerprint density at radius 2 is 1.91 bits per heavy atom. The molecule has 0 saturated carbocycles. The summed E-state index contributed by atoms with van der Waals surface area (Å²) in [6.07, 6.45) is 1.60. The van der Waals surface area contributed by atoms with Crippen LogP contribution in [0.1, 0.15) is 18.4 Å². The summed E-state index contributed by atoms with van der Waals surface area (Å²) in [5, 5.41) is 4.84. The van der Waals surface area contributed by atoms with Crippen molar-refractivity contribution in [3.8, 4) is 5.88 Å². The van der Waals surface area contributed by atoms with Crippen molar-refractivity contribution in [3.05, 3.63) is 58.2 Å². The fraction of sp³-hybridized carbons (Fsp3) is 0.353. The molecule has 0 bridgehead atoms. The van der Waals surface area contributed by atoms with Crippen molar-refractivity contribution in [1.82, 2.24) is 10.3 Å². The number of hydrogen-bond acceptors (Lipinski definition) is 3. The van der Waals surface area contributed by atoms with Crippen LogP contribution in [0.4, 0.5) is 0 Å². The van der Waals surface area contributed by atoms with Gasteiger partial charge in [-0.05, 0) is 23.8 Å². The van der Waals surface area contributed by atoms with E-state index in [4.69, 9.17) is 27.9 Å². The Labute approximate surface area is 140 Å². The molecule has 3 rings (SSSR count). The fourth-order valence-electron chi connectivity index (χ4n) is 2.93. The zero-order valence-electron chi connectivity index (χ0n) is 12.4. The lowest BCUT2D eigenvalue weighted by Gasteiger charge is -2.30. The van der Waals surface area contributed by atoms with E-state index in [9.17, 15) is 0 Å². The number of aromatic nitrogens is 1. The quantitative estimate of drug-likeness (QED) is 0.910. The summed E-state index contributed by atoms with van der Waals surface area (Å²) < 4.78 is 5.89. The Morgan fingerprint density at radius 3 is 2.59 bits per heavy atom. The van der Waals surface area contributed by atoms with E-state index < -0.39 is 0 Å². The Hall–Kier alpha value is -1.29. The van der Waals surface area contributed by atoms with Gasteiger partial charge in [0.2, 0.25) is 5.88 Å². The van der Waals surface area contributed by atoms with Crippen LogP contribution in [0.25, 0.3) is 0 Å². The molecule has 0 radical (unpaired) electrons. The molecule has 1 unspecified atom stereocenters. The van der Waals surface area contributed by atoms with Crippen molar-refractivity contribution < 1.29 is 4.74 Å². The summed E-state index contributed by atoms with van der Waals surface area (Å²) in [6, 6.07) is 11.7. The Morgan fingerprint density at radius 1 is 1.18 bits per heavy atom. The second-order valence-corrected chi connectivity index (χ2v) is 6.87. The molecule has 116 valence electrons. The summed E-state index contributed by atoms with van der Waals surface area (Å²) in [6.45, 7) is 4.69. The summed E-state index contributed by atoms with van der Waals surface area (Å²) >= 11 is 11.8. The summed E-state index contributed by atoms with van der Waals surface area (Å²) in [7, 11) is 0. The largest absolute Gasteiger partial charge is 0.477 e. The van der Waals surface area contributed by atoms with Crippen molar-refractivity contribution >= 4 is 23.2 Å². The van der Waals surface area contributed by atoms with Crippen molar-refractivity contribution in [2.45, 2.75) is 12.8 Å². The zero-order chi connectivity index (χ0) is 15.6. The number of pyridine rings is 1. The minimum absolute atomic E-state index is 0.00907. The van der Waals surface area contributed by atoms with Crippen molar-refractivity contribution in [3.63, 3.8) is 0 Å². The Bertz CT molecular complexity index is 630. The van der Waals surface area contributed by atoms with Crippen LogP contribution in [0.5, 0.6) is 5.88 Å². The smallest absolute Gasteiger partial charge is 0.213 e. The summed E-state index contributed by atoms with van der Waals surface area (Å²) in [5.74, 6) is 0.990. The monoisotopic (exact) mass is 336 g/mol. The molecular formula is C17H18Cl2N2O. The molecule has 2 heterocycles. The number of hydrogen-bond donors (Lipinski definition) is 1. The van der Waals surface area contributed by atoms with Crippen LogP contribution >= 0.6 is 23.2 Å². The molecule has 2 aromatic rings. The van der Waals surface area contributed by atoms with Gasteiger partial charge >= 0.3 is 0 Å². The number of nitrogens with one attached hydrogen (secondary N) is 1. The first kappa shape index (κ1) is 15.6. The van der Waals surface area contributed by atoms with Gasteiger partial charge in [-0.15, -0.1) is 0 Å². The fourth-order valence-corrected chi connectivity index (χ4v) is 3.16. The number of benzene rings is 1. The van der Waals surface area contributed by atoms with E-state index >= 15 is 0 Å². The predicted molar refractivity (Wildman–Crippen MR) is 89.9 cm³/mol. The topological polar surface area (TPSA) is 34.1 Å². The van der Waals surface area contributed by atoms with Gasteiger partial charge in [-0.25, -0.2) is 4.98 Å². The predicted octanol–water partition coefficient (Wildman–Crippen LogP) is 4.16. The highest BCUT2D eigenvalue weighted by Crippen LogP contribution is 2.39. The molecule has 0 aliphatic carbocycles. The Balaban J connectivity index is 1.72. The van der Waals surface area contributed by atoms with Crippen LogP contribution in [0.3, 0.4) is 0 Å². The Kier molecular flexibility index (Phi) is 4.57. The van der Waals surface area contributed by atoms with E-state index in [-0.39, 0.29) is 5.41 Å². The van der Waals surface area contributed by atoms with Gasteiger partial charge in [0.05, 0.1) is 11.6 Å². The molecule has 1 aromatic heterocycles. The van der Waals surface area contributed by atoms with E-state index in [2.05, 4.69) is 29.4 Å². The highest BCUT2D eigenvalue weighted by atomic mass is 35.5. The SMILES string of the molecule is C[C@]1(COc2ccc(Cl)cn2)CNCC1c1ccc(Cl)cc1. The van der Waals surface area contributed by atoms with Crippen LogP contribution in [0.2, 0.25) is 10.0 Å². The standard InChI is InChI=1S/C17H18Cl2N2O/c1-17(11-22-16-7-6-14(19)8-21-16)10-20-9-15(17)12-2-4-13(18)5-3-12/h2-8,15,20H,9-11H2,1H3/t15?,17-/m1/s1. The maximum atomic E-state index is 5.98. The van der Waals surface area contributed by atoms with Crippen molar-refractivity contribution in [2.24, 2.45) is 5.41 Å². The lowest BCUT2D eigenvalue weighted by Crippen LogP contribution is -2.32. The lowest BCUT2D eigenvalue weighted by molar-refractivity contribution is 0.158. The van der Waals surface area contributed by atoms with Crippen LogP contribution < -0.4 is 10.1 Å². The van der Waals surface area contributed by atoms with Crippen molar-refractivity contribution in [2.75, 3.05) is 19.7 Å². The molecule has 5 heteroatoms. The van der Waals surface area contributed by atoms with E-state index in [0.717, 1.165) is 18.1 Å². The third-order valence-electron chi connectivity index (χ3n) is 4.24. The average molecular weight is 337 g/mol. The number of rotatable bonds is 4. The molecule has 1 fully saturated rings. The third-order valence-corrected chi connectivity index (χ3v) is 4.72. The van der Waals surface area contributed by atoms with Gasteiger partial charge in [-0.3, -0.25) is 0 Å². The molecule has 1 aromatic carbocycles. The maximum Gasteiger partial charge on any atom is 0.213 e. The lowest BCUT2D eigenvalue weighted by atomic mass is 9.77. The highest BCUT2D eigenvalue weighted by Gasteiger charge is 2.40.